The quantitative estimate of drug-likeness (QED) is 0.420. The van der Waals surface area contributed by atoms with E-state index in [1.165, 1.54) is 0 Å². The van der Waals surface area contributed by atoms with E-state index in [1.54, 1.807) is 32.6 Å². The average molecular weight is 488 g/mol. The summed E-state index contributed by atoms with van der Waals surface area (Å²) in [5.74, 6) is 0.880. The maximum atomic E-state index is 12.5. The molecule has 0 saturated carbocycles. The molecule has 0 radical (unpaired) electrons. The van der Waals surface area contributed by atoms with Crippen molar-refractivity contribution in [2.45, 2.75) is 0 Å². The highest BCUT2D eigenvalue weighted by Gasteiger charge is 2.16. The van der Waals surface area contributed by atoms with Gasteiger partial charge in [0, 0.05) is 40.3 Å². The second-order valence-corrected chi connectivity index (χ2v) is 7.78. The van der Waals surface area contributed by atoms with E-state index in [0.717, 1.165) is 34.2 Å². The molecule has 2 heterocycles. The minimum atomic E-state index is -0.463. The molecule has 0 unspecified atom stereocenters. The predicted octanol–water partition coefficient (Wildman–Crippen LogP) is 3.81. The molecule has 31 heavy (non-hydrogen) atoms. The second-order valence-electron chi connectivity index (χ2n) is 6.86. The number of rotatable bonds is 6. The molecule has 8 nitrogen and oxygen atoms in total. The monoisotopic (exact) mass is 487 g/mol. The Morgan fingerprint density at radius 1 is 1.13 bits per heavy atom. The van der Waals surface area contributed by atoms with Crippen molar-refractivity contribution in [1.82, 2.24) is 5.43 Å². The summed E-state index contributed by atoms with van der Waals surface area (Å²) in [6.45, 7) is 3.10. The zero-order valence-corrected chi connectivity index (χ0v) is 18.8. The number of nitrogens with zero attached hydrogens (tertiary/aromatic N) is 2. The molecule has 4 rings (SSSR count). The second kappa shape index (κ2) is 9.40. The molecule has 1 saturated heterocycles. The number of carbonyl (C=O) groups excluding carboxylic acids is 1. The Hall–Kier alpha value is -3.04. The highest BCUT2D eigenvalue weighted by Crippen LogP contribution is 2.32. The van der Waals surface area contributed by atoms with E-state index in [-0.39, 0.29) is 5.76 Å². The molecule has 1 fully saturated rings. The van der Waals surface area contributed by atoms with Gasteiger partial charge in [0.05, 0.1) is 33.6 Å². The van der Waals surface area contributed by atoms with Crippen LogP contribution in [-0.2, 0) is 4.74 Å². The van der Waals surface area contributed by atoms with E-state index in [0.29, 0.717) is 30.3 Å². The normalized spacial score (nSPS) is 14.2. The first-order valence-electron chi connectivity index (χ1n) is 9.70. The summed E-state index contributed by atoms with van der Waals surface area (Å²) in [7, 11) is 3.15. The van der Waals surface area contributed by atoms with E-state index < -0.39 is 5.91 Å². The Kier molecular flexibility index (Phi) is 6.43. The van der Waals surface area contributed by atoms with Crippen LogP contribution in [0.2, 0.25) is 0 Å². The number of ether oxygens (including phenoxy) is 3. The van der Waals surface area contributed by atoms with Gasteiger partial charge < -0.3 is 23.5 Å². The first kappa shape index (κ1) is 21.2. The summed E-state index contributed by atoms with van der Waals surface area (Å²) in [5.41, 5.74) is 4.80. The van der Waals surface area contributed by atoms with Crippen molar-refractivity contribution < 1.29 is 23.4 Å². The fraction of sp³-hybridized carbons (Fsp3) is 0.273. The highest BCUT2D eigenvalue weighted by atomic mass is 79.9. The van der Waals surface area contributed by atoms with Crippen LogP contribution in [-0.4, -0.2) is 52.6 Å². The third kappa shape index (κ3) is 4.67. The van der Waals surface area contributed by atoms with Gasteiger partial charge in [-0.3, -0.25) is 4.79 Å². The highest BCUT2D eigenvalue weighted by molar-refractivity contribution is 9.10. The maximum Gasteiger partial charge on any atom is 0.307 e. The molecule has 9 heteroatoms. The van der Waals surface area contributed by atoms with E-state index >= 15 is 0 Å². The largest absolute Gasteiger partial charge is 0.496 e. The molecule has 1 aliphatic rings. The van der Waals surface area contributed by atoms with E-state index in [4.69, 9.17) is 18.6 Å². The number of halogens is 1. The van der Waals surface area contributed by atoms with Gasteiger partial charge >= 0.3 is 5.91 Å². The van der Waals surface area contributed by atoms with Gasteiger partial charge in [-0.15, -0.1) is 0 Å². The lowest BCUT2D eigenvalue weighted by molar-refractivity contribution is 0.0929. The van der Waals surface area contributed by atoms with Gasteiger partial charge in [-0.2, -0.15) is 5.10 Å². The van der Waals surface area contributed by atoms with Crippen molar-refractivity contribution in [3.63, 3.8) is 0 Å². The van der Waals surface area contributed by atoms with Crippen LogP contribution in [0, 0.1) is 0 Å². The fourth-order valence-electron chi connectivity index (χ4n) is 3.39. The molecule has 1 amide bonds. The average Bonchev–Trinajstić information content (AvgIpc) is 3.23. The fourth-order valence-corrected chi connectivity index (χ4v) is 3.84. The van der Waals surface area contributed by atoms with E-state index in [2.05, 4.69) is 31.4 Å². The number of hydrogen-bond acceptors (Lipinski definition) is 7. The van der Waals surface area contributed by atoms with Gasteiger partial charge in [0.1, 0.15) is 5.75 Å². The van der Waals surface area contributed by atoms with Crippen molar-refractivity contribution in [3.8, 4) is 11.5 Å². The summed E-state index contributed by atoms with van der Waals surface area (Å²) < 4.78 is 22.7. The Bertz CT molecular complexity index is 1120. The summed E-state index contributed by atoms with van der Waals surface area (Å²) in [6, 6.07) is 11.1. The van der Waals surface area contributed by atoms with Crippen molar-refractivity contribution >= 4 is 44.7 Å². The summed E-state index contributed by atoms with van der Waals surface area (Å²) in [5, 5.41) is 4.81. The number of carbonyl (C=O) groups is 1. The lowest BCUT2D eigenvalue weighted by Gasteiger charge is -2.29. The van der Waals surface area contributed by atoms with Crippen LogP contribution in [0.5, 0.6) is 11.5 Å². The number of amides is 1. The molecule has 0 spiro atoms. The van der Waals surface area contributed by atoms with Crippen LogP contribution >= 0.6 is 15.9 Å². The Balaban J connectivity index is 1.48. The Morgan fingerprint density at radius 3 is 2.65 bits per heavy atom. The van der Waals surface area contributed by atoms with Gasteiger partial charge in [0.2, 0.25) is 0 Å². The number of morpholine rings is 1. The van der Waals surface area contributed by atoms with Crippen LogP contribution in [0.1, 0.15) is 16.1 Å². The van der Waals surface area contributed by atoms with Crippen LogP contribution in [0.15, 0.2) is 50.4 Å². The van der Waals surface area contributed by atoms with Gasteiger partial charge in [0.15, 0.2) is 17.1 Å². The van der Waals surface area contributed by atoms with Crippen molar-refractivity contribution in [2.75, 3.05) is 45.4 Å². The van der Waals surface area contributed by atoms with Gasteiger partial charge in [-0.05, 0) is 30.3 Å². The molecule has 0 bridgehead atoms. The standard InChI is InChI=1S/C22H22BrN3O5/c1-28-18-12-17(26-5-7-30-8-6-26)4-3-14(18)13-24-25-22(27)20-10-15-9-16(23)11-19(29-2)21(15)31-20/h3-4,9-13H,5-8H2,1-2H3,(H,25,27)/b24-13-. The van der Waals surface area contributed by atoms with Crippen molar-refractivity contribution in [3.05, 3.63) is 52.2 Å². The third-order valence-corrected chi connectivity index (χ3v) is 5.41. The summed E-state index contributed by atoms with van der Waals surface area (Å²) in [6.07, 6.45) is 1.54. The number of hydrogen-bond donors (Lipinski definition) is 1. The molecular weight excluding hydrogens is 466 g/mol. The minimum absolute atomic E-state index is 0.137. The predicted molar refractivity (Wildman–Crippen MR) is 122 cm³/mol. The molecule has 1 aromatic heterocycles. The third-order valence-electron chi connectivity index (χ3n) is 4.95. The smallest absolute Gasteiger partial charge is 0.307 e. The first-order valence-corrected chi connectivity index (χ1v) is 10.5. The Morgan fingerprint density at radius 2 is 1.90 bits per heavy atom. The van der Waals surface area contributed by atoms with Gasteiger partial charge in [0.25, 0.3) is 0 Å². The topological polar surface area (TPSA) is 85.5 Å². The van der Waals surface area contributed by atoms with Crippen molar-refractivity contribution in [2.24, 2.45) is 5.10 Å². The lowest BCUT2D eigenvalue weighted by Crippen LogP contribution is -2.36. The molecule has 0 aliphatic carbocycles. The number of nitrogens with one attached hydrogen (secondary N) is 1. The molecule has 1 aliphatic heterocycles. The molecular formula is C22H22BrN3O5. The number of furan rings is 1. The summed E-state index contributed by atoms with van der Waals surface area (Å²) in [4.78, 5) is 14.7. The Labute approximate surface area is 187 Å². The zero-order valence-electron chi connectivity index (χ0n) is 17.2. The minimum Gasteiger partial charge on any atom is -0.496 e. The number of fused-ring (bicyclic) bond motifs is 1. The SMILES string of the molecule is COc1cc(N2CCOCC2)ccc1/C=N\NC(=O)c1cc2cc(Br)cc(OC)c2o1. The number of anilines is 1. The molecule has 0 atom stereocenters. The zero-order chi connectivity index (χ0) is 21.8. The van der Waals surface area contributed by atoms with Crippen LogP contribution in [0.4, 0.5) is 5.69 Å². The lowest BCUT2D eigenvalue weighted by atomic mass is 10.1. The van der Waals surface area contributed by atoms with E-state index in [1.807, 2.05) is 24.3 Å². The molecule has 3 aromatic rings. The number of hydrazone groups is 1. The number of methoxy groups -OCH3 is 2. The maximum absolute atomic E-state index is 12.5. The van der Waals surface area contributed by atoms with Crippen LogP contribution in [0.3, 0.4) is 0 Å². The van der Waals surface area contributed by atoms with Gasteiger partial charge in [-0.25, -0.2) is 5.43 Å². The molecule has 162 valence electrons. The molecule has 1 N–H and O–H groups in total. The van der Waals surface area contributed by atoms with Crippen LogP contribution < -0.4 is 19.8 Å². The van der Waals surface area contributed by atoms with Gasteiger partial charge in [-0.1, -0.05) is 15.9 Å². The van der Waals surface area contributed by atoms with Crippen LogP contribution in [0.25, 0.3) is 11.0 Å². The molecule has 2 aromatic carbocycles. The van der Waals surface area contributed by atoms with E-state index in [9.17, 15) is 4.79 Å². The number of benzene rings is 2. The van der Waals surface area contributed by atoms with Crippen molar-refractivity contribution in [1.29, 1.82) is 0 Å². The summed E-state index contributed by atoms with van der Waals surface area (Å²) >= 11 is 3.42. The first-order chi connectivity index (χ1) is 15.1.